The van der Waals surface area contributed by atoms with E-state index < -0.39 is 39.6 Å². The van der Waals surface area contributed by atoms with Crippen molar-refractivity contribution < 1.29 is 35.9 Å². The lowest BCUT2D eigenvalue weighted by molar-refractivity contribution is -0.274. The lowest BCUT2D eigenvalue weighted by Gasteiger charge is -2.39. The highest BCUT2D eigenvalue weighted by Gasteiger charge is 2.41. The molecule has 3 heterocycles. The van der Waals surface area contributed by atoms with E-state index in [0.29, 0.717) is 26.7 Å². The second-order valence-corrected chi connectivity index (χ2v) is 11.9. The predicted octanol–water partition coefficient (Wildman–Crippen LogP) is 2.48. The number of sulfonamides is 1. The Morgan fingerprint density at radius 2 is 1.81 bits per heavy atom. The molecule has 1 atom stereocenters. The molecule has 1 amide bonds. The summed E-state index contributed by atoms with van der Waals surface area (Å²) in [6.07, 6.45) is -3.44. The van der Waals surface area contributed by atoms with E-state index in [0.717, 1.165) is 27.8 Å². The number of H-pyrrole nitrogens is 1. The third-order valence-corrected chi connectivity index (χ3v) is 9.45. The van der Waals surface area contributed by atoms with Crippen molar-refractivity contribution in [2.75, 3.05) is 31.6 Å². The highest BCUT2D eigenvalue weighted by atomic mass is 32.2. The van der Waals surface area contributed by atoms with Crippen molar-refractivity contribution >= 4 is 42.6 Å². The molecule has 0 radical (unpaired) electrons. The van der Waals surface area contributed by atoms with Crippen LogP contribution in [0.25, 0.3) is 10.2 Å². The molecule has 222 valence electrons. The maximum Gasteiger partial charge on any atom is 0.573 e. The van der Waals surface area contributed by atoms with E-state index in [9.17, 15) is 31.2 Å². The normalized spacial score (nSPS) is 16.4. The van der Waals surface area contributed by atoms with Crippen LogP contribution in [0.4, 0.5) is 18.3 Å². The molecule has 17 heteroatoms. The number of ether oxygens (including phenoxy) is 2. The third-order valence-electron chi connectivity index (χ3n) is 6.40. The van der Waals surface area contributed by atoms with Crippen molar-refractivity contribution in [3.63, 3.8) is 0 Å². The lowest BCUT2D eigenvalue weighted by atomic mass is 10.1. The van der Waals surface area contributed by atoms with E-state index in [1.54, 1.807) is 4.90 Å². The van der Waals surface area contributed by atoms with Gasteiger partial charge in [0.1, 0.15) is 27.8 Å². The standard InChI is InChI=1S/C25H23F3N6O6S2/c1-39-16-6-8-18(9-7-16)42(37,38)34-11-10-33(24-31-19-13-30-32-23(36)21(19)41-24)14-20(34)22(35)29-12-15-2-4-17(5-3-15)40-25(26,27)28/h2-9,13,20H,10-12,14H2,1H3,(H,29,35)(H,32,36)/t20-/m1/s1. The Morgan fingerprint density at radius 3 is 2.45 bits per heavy atom. The number of piperazine rings is 1. The summed E-state index contributed by atoms with van der Waals surface area (Å²) in [7, 11) is -2.69. The van der Waals surface area contributed by atoms with Gasteiger partial charge in [-0.05, 0) is 42.0 Å². The largest absolute Gasteiger partial charge is 0.573 e. The first kappa shape index (κ1) is 29.3. The Balaban J connectivity index is 1.39. The van der Waals surface area contributed by atoms with Crippen molar-refractivity contribution in [3.05, 3.63) is 70.6 Å². The number of alkyl halides is 3. The summed E-state index contributed by atoms with van der Waals surface area (Å²) in [4.78, 5) is 31.8. The number of fused-ring (bicyclic) bond motifs is 1. The number of methoxy groups -OCH3 is 1. The van der Waals surface area contributed by atoms with Gasteiger partial charge in [0, 0.05) is 26.2 Å². The maximum absolute atomic E-state index is 13.7. The van der Waals surface area contributed by atoms with Crippen LogP contribution in [0.3, 0.4) is 0 Å². The van der Waals surface area contributed by atoms with Gasteiger partial charge in [0.25, 0.3) is 5.56 Å². The minimum atomic E-state index is -4.84. The van der Waals surface area contributed by atoms with Gasteiger partial charge < -0.3 is 19.7 Å². The van der Waals surface area contributed by atoms with E-state index in [2.05, 4.69) is 25.2 Å². The van der Waals surface area contributed by atoms with Gasteiger partial charge >= 0.3 is 6.36 Å². The predicted molar refractivity (Wildman–Crippen MR) is 146 cm³/mol. The number of carbonyl (C=O) groups is 1. The van der Waals surface area contributed by atoms with Gasteiger partial charge in [-0.25, -0.2) is 18.5 Å². The fraction of sp³-hybridized carbons (Fsp3) is 0.280. The quantitative estimate of drug-likeness (QED) is 0.302. The second kappa shape index (κ2) is 11.6. The first-order chi connectivity index (χ1) is 19.9. The number of benzene rings is 2. The zero-order chi connectivity index (χ0) is 30.1. The molecule has 1 fully saturated rings. The number of nitrogens with zero attached hydrogens (tertiary/aromatic N) is 4. The van der Waals surface area contributed by atoms with Crippen molar-refractivity contribution in [3.8, 4) is 11.5 Å². The summed E-state index contributed by atoms with van der Waals surface area (Å²) in [5.41, 5.74) is 0.414. The Hall–Kier alpha value is -4.22. The number of carbonyl (C=O) groups excluding carboxylic acids is 1. The van der Waals surface area contributed by atoms with Crippen molar-refractivity contribution in [2.45, 2.75) is 23.8 Å². The monoisotopic (exact) mass is 624 g/mol. The summed E-state index contributed by atoms with van der Waals surface area (Å²) in [5, 5.41) is 9.18. The van der Waals surface area contributed by atoms with E-state index >= 15 is 0 Å². The number of nitrogens with one attached hydrogen (secondary N) is 2. The van der Waals surface area contributed by atoms with E-state index in [1.807, 2.05) is 0 Å². The van der Waals surface area contributed by atoms with Gasteiger partial charge in [-0.3, -0.25) is 9.59 Å². The van der Waals surface area contributed by atoms with Gasteiger partial charge in [0.2, 0.25) is 15.9 Å². The molecule has 0 unspecified atom stereocenters. The molecule has 42 heavy (non-hydrogen) atoms. The fourth-order valence-corrected chi connectivity index (χ4v) is 6.88. The van der Waals surface area contributed by atoms with Crippen LogP contribution in [0.15, 0.2) is 64.4 Å². The number of anilines is 1. The number of thiazole rings is 1. The van der Waals surface area contributed by atoms with Crippen LogP contribution in [-0.4, -0.2) is 73.0 Å². The summed E-state index contributed by atoms with van der Waals surface area (Å²) >= 11 is 1.09. The van der Waals surface area contributed by atoms with Crippen LogP contribution in [-0.2, 0) is 21.4 Å². The van der Waals surface area contributed by atoms with Crippen molar-refractivity contribution in [1.29, 1.82) is 0 Å². The molecular weight excluding hydrogens is 601 g/mol. The number of aromatic nitrogens is 3. The number of hydrogen-bond acceptors (Lipinski definition) is 10. The van der Waals surface area contributed by atoms with Crippen LogP contribution in [0.1, 0.15) is 5.56 Å². The van der Waals surface area contributed by atoms with Gasteiger partial charge in [0.05, 0.1) is 18.2 Å². The summed E-state index contributed by atoms with van der Waals surface area (Å²) in [5.74, 6) is -0.588. The van der Waals surface area contributed by atoms with Gasteiger partial charge in [0.15, 0.2) is 5.13 Å². The van der Waals surface area contributed by atoms with E-state index in [-0.39, 0.29) is 31.1 Å². The fourth-order valence-electron chi connectivity index (χ4n) is 4.35. The second-order valence-electron chi connectivity index (χ2n) is 9.07. The number of hydrogen-bond donors (Lipinski definition) is 2. The highest BCUT2D eigenvalue weighted by Crippen LogP contribution is 2.30. The van der Waals surface area contributed by atoms with Gasteiger partial charge in [-0.1, -0.05) is 23.5 Å². The lowest BCUT2D eigenvalue weighted by Crippen LogP contribution is -2.60. The average Bonchev–Trinajstić information content (AvgIpc) is 3.41. The SMILES string of the molecule is COc1ccc(S(=O)(=O)N2CCN(c3nc4cn[nH]c(=O)c4s3)C[C@@H]2C(=O)NCc2ccc(OC(F)(F)F)cc2)cc1. The molecular formula is C25H23F3N6O6S2. The Kier molecular flexibility index (Phi) is 8.07. The van der Waals surface area contributed by atoms with Crippen LogP contribution < -0.4 is 25.2 Å². The molecule has 2 aromatic heterocycles. The molecule has 2 N–H and O–H groups in total. The summed E-state index contributed by atoms with van der Waals surface area (Å²) in [6.45, 7) is -0.0452. The summed E-state index contributed by atoms with van der Waals surface area (Å²) in [6, 6.07) is 9.49. The minimum absolute atomic E-state index is 0.0348. The van der Waals surface area contributed by atoms with Crippen LogP contribution in [0.2, 0.25) is 0 Å². The molecule has 4 aromatic rings. The molecule has 2 aromatic carbocycles. The smallest absolute Gasteiger partial charge is 0.497 e. The Bertz CT molecular complexity index is 1740. The first-order valence-corrected chi connectivity index (χ1v) is 14.6. The number of halogens is 3. The molecule has 0 saturated carbocycles. The molecule has 0 aliphatic carbocycles. The minimum Gasteiger partial charge on any atom is -0.497 e. The van der Waals surface area contributed by atoms with E-state index in [1.165, 1.54) is 49.7 Å². The Morgan fingerprint density at radius 1 is 1.12 bits per heavy atom. The van der Waals surface area contributed by atoms with Crippen LogP contribution >= 0.6 is 11.3 Å². The Labute approximate surface area is 240 Å². The molecule has 0 spiro atoms. The zero-order valence-electron chi connectivity index (χ0n) is 21.8. The number of amides is 1. The first-order valence-electron chi connectivity index (χ1n) is 12.3. The molecule has 1 aliphatic heterocycles. The van der Waals surface area contributed by atoms with Crippen LogP contribution in [0, 0.1) is 0 Å². The summed E-state index contributed by atoms with van der Waals surface area (Å²) < 4.78 is 75.1. The zero-order valence-corrected chi connectivity index (χ0v) is 23.4. The number of rotatable bonds is 8. The topological polar surface area (TPSA) is 147 Å². The molecule has 12 nitrogen and oxygen atoms in total. The molecule has 1 aliphatic rings. The maximum atomic E-state index is 13.7. The van der Waals surface area contributed by atoms with Crippen molar-refractivity contribution in [2.24, 2.45) is 0 Å². The molecule has 0 bridgehead atoms. The highest BCUT2D eigenvalue weighted by molar-refractivity contribution is 7.89. The average molecular weight is 625 g/mol. The van der Waals surface area contributed by atoms with Gasteiger partial charge in [-0.2, -0.15) is 9.40 Å². The van der Waals surface area contributed by atoms with Gasteiger partial charge in [-0.15, -0.1) is 13.2 Å². The number of aromatic amines is 1. The third kappa shape index (κ3) is 6.32. The molecule has 1 saturated heterocycles. The van der Waals surface area contributed by atoms with Crippen LogP contribution in [0.5, 0.6) is 11.5 Å². The van der Waals surface area contributed by atoms with E-state index in [4.69, 9.17) is 4.74 Å². The van der Waals surface area contributed by atoms with Crippen molar-refractivity contribution in [1.82, 2.24) is 24.8 Å². The molecule has 5 rings (SSSR count).